The fourth-order valence-electron chi connectivity index (χ4n) is 2.32. The Morgan fingerprint density at radius 2 is 1.87 bits per heavy atom. The van der Waals surface area contributed by atoms with E-state index in [1.165, 1.54) is 13.8 Å². The maximum atomic E-state index is 11.2. The third-order valence-corrected chi connectivity index (χ3v) is 4.65. The van der Waals surface area contributed by atoms with Gasteiger partial charge in [-0.3, -0.25) is 9.59 Å². The van der Waals surface area contributed by atoms with Gasteiger partial charge < -0.3 is 14.2 Å². The summed E-state index contributed by atoms with van der Waals surface area (Å²) < 4.78 is 16.2. The number of ether oxygens (including phenoxy) is 3. The van der Waals surface area contributed by atoms with E-state index < -0.39 is 32.2 Å². The van der Waals surface area contributed by atoms with Crippen molar-refractivity contribution in [2.75, 3.05) is 6.61 Å². The van der Waals surface area contributed by atoms with E-state index in [2.05, 4.69) is 32.0 Å². The zero-order valence-electron chi connectivity index (χ0n) is 14.5. The Morgan fingerprint density at radius 3 is 2.35 bits per heavy atom. The average molecular weight is 338 g/mol. The van der Waals surface area contributed by atoms with Gasteiger partial charge in [0.25, 0.3) is 0 Å². The zero-order valence-corrected chi connectivity index (χ0v) is 15.5. The molecule has 0 fully saturated rings. The highest BCUT2D eigenvalue weighted by molar-refractivity contribution is 6.76. The minimum atomic E-state index is -1.35. The molecule has 0 aromatic heterocycles. The number of carbonyl (C=O) groups excluding carboxylic acids is 2. The van der Waals surface area contributed by atoms with Crippen LogP contribution in [0.4, 0.5) is 0 Å². The molecule has 0 radical (unpaired) electrons. The van der Waals surface area contributed by atoms with Gasteiger partial charge in [-0.1, -0.05) is 32.3 Å². The molecule has 1 rings (SSSR count). The molecule has 128 valence electrons. The summed E-state index contributed by atoms with van der Waals surface area (Å²) in [4.78, 5) is 22.3. The minimum Gasteiger partial charge on any atom is -0.463 e. The molecule has 0 saturated heterocycles. The number of carbonyl (C=O) groups is 2. The smallest absolute Gasteiger partial charge is 0.303 e. The van der Waals surface area contributed by atoms with E-state index in [-0.39, 0.29) is 12.7 Å². The topological polar surface area (TPSA) is 61.8 Å². The van der Waals surface area contributed by atoms with Crippen LogP contribution in [0.25, 0.3) is 0 Å². The Kier molecular flexibility index (Phi) is 7.00. The van der Waals surface area contributed by atoms with Gasteiger partial charge in [-0.2, -0.15) is 0 Å². The summed E-state index contributed by atoms with van der Waals surface area (Å²) in [6.07, 6.45) is 2.24. The fourth-order valence-corrected chi connectivity index (χ4v) is 3.79. The van der Waals surface area contributed by atoms with E-state index >= 15 is 0 Å². The van der Waals surface area contributed by atoms with Crippen molar-refractivity contribution in [3.05, 3.63) is 30.0 Å². The number of hydrogen-bond acceptors (Lipinski definition) is 5. The van der Waals surface area contributed by atoms with Gasteiger partial charge in [0.2, 0.25) is 0 Å². The number of esters is 2. The first-order chi connectivity index (χ1) is 10.6. The molecule has 0 bridgehead atoms. The molecule has 0 aromatic carbocycles. The molecule has 1 heterocycles. The van der Waals surface area contributed by atoms with Crippen LogP contribution in [0.3, 0.4) is 0 Å². The van der Waals surface area contributed by atoms with Crippen LogP contribution in [0.15, 0.2) is 30.0 Å². The van der Waals surface area contributed by atoms with Crippen LogP contribution < -0.4 is 0 Å². The van der Waals surface area contributed by atoms with Gasteiger partial charge in [0.15, 0.2) is 0 Å². The highest BCUT2D eigenvalue weighted by Gasteiger charge is 2.33. The average Bonchev–Trinajstić information content (AvgIpc) is 2.42. The van der Waals surface area contributed by atoms with E-state index in [4.69, 9.17) is 14.2 Å². The summed E-state index contributed by atoms with van der Waals surface area (Å²) in [5.41, 5.74) is 3.96. The van der Waals surface area contributed by atoms with E-state index in [0.717, 1.165) is 11.6 Å². The van der Waals surface area contributed by atoms with Gasteiger partial charge in [0.05, 0.1) is 0 Å². The van der Waals surface area contributed by atoms with E-state index in [9.17, 15) is 9.59 Å². The molecular weight excluding hydrogens is 312 g/mol. The van der Waals surface area contributed by atoms with Crippen LogP contribution in [0.5, 0.6) is 0 Å². The summed E-state index contributed by atoms with van der Waals surface area (Å²) in [7, 11) is -1.35. The lowest BCUT2D eigenvalue weighted by atomic mass is 10.0. The Bertz CT molecular complexity index is 526. The van der Waals surface area contributed by atoms with Crippen molar-refractivity contribution in [3.8, 4) is 0 Å². The third kappa shape index (κ3) is 6.99. The highest BCUT2D eigenvalue weighted by Crippen LogP contribution is 2.26. The maximum absolute atomic E-state index is 11.2. The third-order valence-electron chi connectivity index (χ3n) is 3.21. The van der Waals surface area contributed by atoms with Crippen molar-refractivity contribution >= 4 is 20.0 Å². The van der Waals surface area contributed by atoms with Crippen molar-refractivity contribution in [1.82, 2.24) is 0 Å². The first kappa shape index (κ1) is 19.4. The molecule has 0 saturated carbocycles. The molecule has 0 aliphatic carbocycles. The second-order valence-electron chi connectivity index (χ2n) is 6.80. The van der Waals surface area contributed by atoms with Gasteiger partial charge in [0, 0.05) is 27.5 Å². The molecule has 1 aliphatic heterocycles. The first-order valence-electron chi connectivity index (χ1n) is 7.65. The lowest BCUT2D eigenvalue weighted by Crippen LogP contribution is -2.42. The van der Waals surface area contributed by atoms with Gasteiger partial charge in [-0.25, -0.2) is 0 Å². The molecule has 5 nitrogen and oxygen atoms in total. The van der Waals surface area contributed by atoms with Crippen LogP contribution >= 0.6 is 0 Å². The molecule has 0 aromatic rings. The van der Waals surface area contributed by atoms with E-state index in [0.29, 0.717) is 0 Å². The zero-order chi connectivity index (χ0) is 17.6. The van der Waals surface area contributed by atoms with Gasteiger partial charge in [0.1, 0.15) is 24.9 Å². The van der Waals surface area contributed by atoms with Crippen LogP contribution in [0.1, 0.15) is 13.8 Å². The molecular formula is C17H26O5Si. The van der Waals surface area contributed by atoms with Crippen molar-refractivity contribution < 1.29 is 23.8 Å². The molecule has 0 unspecified atom stereocenters. The molecule has 1 aliphatic rings. The quantitative estimate of drug-likeness (QED) is 0.322. The Morgan fingerprint density at radius 1 is 1.22 bits per heavy atom. The van der Waals surface area contributed by atoms with Crippen LogP contribution in [0.2, 0.25) is 25.7 Å². The van der Waals surface area contributed by atoms with Crippen molar-refractivity contribution in [1.29, 1.82) is 0 Å². The molecule has 23 heavy (non-hydrogen) atoms. The minimum absolute atomic E-state index is 0.0332. The van der Waals surface area contributed by atoms with Crippen LogP contribution in [-0.2, 0) is 23.8 Å². The van der Waals surface area contributed by atoms with E-state index in [1.54, 1.807) is 6.08 Å². The normalized spacial score (nSPS) is 23.8. The van der Waals surface area contributed by atoms with Gasteiger partial charge >= 0.3 is 11.9 Å². The Balaban J connectivity index is 2.90. The van der Waals surface area contributed by atoms with Gasteiger partial charge in [-0.05, 0) is 12.1 Å². The second kappa shape index (κ2) is 8.29. The largest absolute Gasteiger partial charge is 0.463 e. The lowest BCUT2D eigenvalue weighted by Gasteiger charge is -2.33. The maximum Gasteiger partial charge on any atom is 0.303 e. The molecule has 6 heteroatoms. The summed E-state index contributed by atoms with van der Waals surface area (Å²) in [6.45, 7) is 13.2. The van der Waals surface area contributed by atoms with Crippen molar-refractivity contribution in [2.45, 2.75) is 57.8 Å². The summed E-state index contributed by atoms with van der Waals surface area (Å²) in [6, 6.07) is 0.907. The number of hydrogen-bond donors (Lipinski definition) is 0. The van der Waals surface area contributed by atoms with E-state index in [1.807, 2.05) is 6.08 Å². The van der Waals surface area contributed by atoms with Crippen LogP contribution in [0, 0.1) is 0 Å². The number of rotatable bonds is 6. The second-order valence-corrected chi connectivity index (χ2v) is 12.3. The summed E-state index contributed by atoms with van der Waals surface area (Å²) in [5.74, 6) is -0.807. The molecule has 0 amide bonds. The molecule has 0 N–H and O–H groups in total. The molecule has 0 spiro atoms. The predicted octanol–water partition coefficient (Wildman–Crippen LogP) is 2.85. The first-order valence-corrected chi connectivity index (χ1v) is 11.4. The predicted molar refractivity (Wildman–Crippen MR) is 90.8 cm³/mol. The Labute approximate surface area is 139 Å². The fraction of sp³-hybridized carbons (Fsp3) is 0.588. The standard InChI is InChI=1S/C17H26O5Si/c1-7-14(11-23(4,5)6)15-8-9-16(21-13(3)19)17(22-15)10-20-12(2)18/h8-9,15-17H,1,10-11H2,2-6H3/t15-,16-,17+/m0/s1. The summed E-state index contributed by atoms with van der Waals surface area (Å²) >= 11 is 0. The molecule has 3 atom stereocenters. The van der Waals surface area contributed by atoms with Crippen LogP contribution in [-0.4, -0.2) is 44.9 Å². The highest BCUT2D eigenvalue weighted by atomic mass is 28.3. The lowest BCUT2D eigenvalue weighted by molar-refractivity contribution is -0.161. The summed E-state index contributed by atoms with van der Waals surface area (Å²) in [5, 5.41) is 0. The monoisotopic (exact) mass is 338 g/mol. The SMILES string of the molecule is C=C=C(C[Si](C)(C)C)[C@@H]1C=C[C@H](OC(C)=O)[C@@H](COC(C)=O)O1. The Hall–Kier alpha value is -1.62. The van der Waals surface area contributed by atoms with Crippen molar-refractivity contribution in [2.24, 2.45) is 0 Å². The van der Waals surface area contributed by atoms with Crippen molar-refractivity contribution in [3.63, 3.8) is 0 Å². The van der Waals surface area contributed by atoms with Gasteiger partial charge in [-0.15, -0.1) is 5.73 Å².